The van der Waals surface area contributed by atoms with Gasteiger partial charge in [-0.05, 0) is 38.0 Å². The summed E-state index contributed by atoms with van der Waals surface area (Å²) in [6, 6.07) is 3.79. The summed E-state index contributed by atoms with van der Waals surface area (Å²) in [5.74, 6) is -1.26. The lowest BCUT2D eigenvalue weighted by molar-refractivity contribution is -0.0429. The van der Waals surface area contributed by atoms with Crippen molar-refractivity contribution in [3.05, 3.63) is 40.3 Å². The minimum atomic E-state index is -5.53. The van der Waals surface area contributed by atoms with Crippen molar-refractivity contribution in [3.63, 3.8) is 0 Å². The van der Waals surface area contributed by atoms with Crippen LogP contribution in [0.1, 0.15) is 25.3 Å². The van der Waals surface area contributed by atoms with E-state index in [0.717, 1.165) is 6.07 Å². The number of anilines is 1. The Bertz CT molecular complexity index is 774. The third kappa shape index (κ3) is 2.94. The summed E-state index contributed by atoms with van der Waals surface area (Å²) in [6.45, 7) is 1.51. The van der Waals surface area contributed by atoms with E-state index >= 15 is 0 Å². The van der Waals surface area contributed by atoms with Crippen molar-refractivity contribution in [3.8, 4) is 0 Å². The number of nitrogen functional groups attached to an aromatic ring is 1. The van der Waals surface area contributed by atoms with Crippen LogP contribution in [-0.2, 0) is 15.4 Å². The topological polar surface area (TPSA) is 98.2 Å². The molecule has 1 atom stereocenters. The molecule has 23 heavy (non-hydrogen) atoms. The van der Waals surface area contributed by atoms with Crippen molar-refractivity contribution >= 4 is 15.5 Å². The largest absolute Gasteiger partial charge is 0.501 e. The molecule has 1 aliphatic heterocycles. The summed E-state index contributed by atoms with van der Waals surface area (Å²) in [7, 11) is -5.53. The van der Waals surface area contributed by atoms with E-state index < -0.39 is 43.8 Å². The van der Waals surface area contributed by atoms with Crippen LogP contribution < -0.4 is 16.8 Å². The highest BCUT2D eigenvalue weighted by Gasteiger charge is 2.51. The van der Waals surface area contributed by atoms with Crippen molar-refractivity contribution in [2.24, 2.45) is 5.73 Å². The molecule has 128 valence electrons. The van der Waals surface area contributed by atoms with Crippen LogP contribution in [0.2, 0.25) is 0 Å². The fraction of sp³-hybridized carbons (Fsp3) is 0.385. The van der Waals surface area contributed by atoms with E-state index in [1.807, 2.05) is 0 Å². The number of sulfone groups is 1. The molecule has 0 unspecified atom stereocenters. The molecule has 0 bridgehead atoms. The summed E-state index contributed by atoms with van der Waals surface area (Å²) in [5.41, 5.74) is 4.85. The van der Waals surface area contributed by atoms with E-state index in [9.17, 15) is 26.0 Å². The number of benzene rings is 1. The van der Waals surface area contributed by atoms with Gasteiger partial charge in [0.1, 0.15) is 11.6 Å². The van der Waals surface area contributed by atoms with Gasteiger partial charge in [-0.1, -0.05) is 0 Å². The first-order valence-electron chi connectivity index (χ1n) is 6.52. The molecule has 0 aromatic heterocycles. The molecule has 0 saturated heterocycles. The van der Waals surface area contributed by atoms with Gasteiger partial charge in [-0.2, -0.15) is 13.2 Å². The van der Waals surface area contributed by atoms with E-state index in [2.05, 4.69) is 5.32 Å². The Morgan fingerprint density at radius 3 is 2.39 bits per heavy atom. The number of hydrogen-bond donors (Lipinski definition) is 3. The summed E-state index contributed by atoms with van der Waals surface area (Å²) >= 11 is 0. The third-order valence-electron chi connectivity index (χ3n) is 3.78. The maximum Gasteiger partial charge on any atom is 0.501 e. The lowest BCUT2D eigenvalue weighted by Gasteiger charge is -2.37. The smallest absolute Gasteiger partial charge is 0.399 e. The van der Waals surface area contributed by atoms with Crippen molar-refractivity contribution in [1.29, 1.82) is 0 Å². The molecular weight excluding hydrogens is 338 g/mol. The van der Waals surface area contributed by atoms with Gasteiger partial charge in [-0.3, -0.25) is 0 Å². The molecule has 1 heterocycles. The van der Waals surface area contributed by atoms with Gasteiger partial charge in [-0.25, -0.2) is 12.8 Å². The van der Waals surface area contributed by atoms with Crippen LogP contribution in [0.3, 0.4) is 0 Å². The highest BCUT2D eigenvalue weighted by Crippen LogP contribution is 2.40. The molecule has 2 rings (SSSR count). The molecule has 0 spiro atoms. The maximum atomic E-state index is 14.0. The Balaban J connectivity index is 2.46. The second-order valence-electron chi connectivity index (χ2n) is 5.48. The van der Waals surface area contributed by atoms with Crippen LogP contribution in [0, 0.1) is 5.82 Å². The summed E-state index contributed by atoms with van der Waals surface area (Å²) < 4.78 is 74.9. The Morgan fingerprint density at radius 2 is 1.87 bits per heavy atom. The van der Waals surface area contributed by atoms with Crippen LogP contribution in [0.15, 0.2) is 28.9 Å². The first-order chi connectivity index (χ1) is 10.4. The van der Waals surface area contributed by atoms with Crippen molar-refractivity contribution in [2.45, 2.75) is 30.8 Å². The molecule has 5 N–H and O–H groups in total. The van der Waals surface area contributed by atoms with Gasteiger partial charge in [0.15, 0.2) is 0 Å². The molecule has 1 aromatic rings. The second-order valence-corrected chi connectivity index (χ2v) is 7.45. The summed E-state index contributed by atoms with van der Waals surface area (Å²) in [5, 5.41) is 2.49. The van der Waals surface area contributed by atoms with Gasteiger partial charge in [0.2, 0.25) is 0 Å². The minimum Gasteiger partial charge on any atom is -0.399 e. The van der Waals surface area contributed by atoms with E-state index in [4.69, 9.17) is 11.5 Å². The second kappa shape index (κ2) is 5.29. The van der Waals surface area contributed by atoms with E-state index in [1.165, 1.54) is 19.1 Å². The zero-order valence-electron chi connectivity index (χ0n) is 12.0. The van der Waals surface area contributed by atoms with Gasteiger partial charge >= 0.3 is 5.51 Å². The van der Waals surface area contributed by atoms with Gasteiger partial charge in [0.05, 0.1) is 10.4 Å². The minimum absolute atomic E-state index is 0.0985. The fourth-order valence-corrected chi connectivity index (χ4v) is 3.50. The molecule has 1 aromatic carbocycles. The van der Waals surface area contributed by atoms with E-state index in [-0.39, 0.29) is 17.7 Å². The number of nitrogens with one attached hydrogen (secondary N) is 1. The standard InChI is InChI=1S/C13H15F4N3O2S/c1-12(8-6-7(18)2-3-9(8)14)5-4-10(11(19)20-12)23(21,22)13(15,16)17/h2-3,6,20H,4-5,18-19H2,1H3/t12-/m0/s1. The number of allylic oxidation sites excluding steroid dienone is 1. The Labute approximate surface area is 130 Å². The molecular formula is C13H15F4N3O2S. The predicted molar refractivity (Wildman–Crippen MR) is 76.7 cm³/mol. The average molecular weight is 353 g/mol. The lowest BCUT2D eigenvalue weighted by atomic mass is 9.84. The van der Waals surface area contributed by atoms with E-state index in [0.29, 0.717) is 0 Å². The Morgan fingerprint density at radius 1 is 1.26 bits per heavy atom. The SMILES string of the molecule is C[C@@]1(c2cc(N)ccc2F)CCC(S(=O)(=O)C(F)(F)F)=C(N)N1. The van der Waals surface area contributed by atoms with Crippen LogP contribution >= 0.6 is 0 Å². The van der Waals surface area contributed by atoms with Gasteiger partial charge in [0, 0.05) is 11.3 Å². The van der Waals surface area contributed by atoms with Crippen molar-refractivity contribution < 1.29 is 26.0 Å². The zero-order chi connectivity index (χ0) is 17.6. The number of hydrogen-bond acceptors (Lipinski definition) is 5. The van der Waals surface area contributed by atoms with Crippen LogP contribution in [0.25, 0.3) is 0 Å². The molecule has 0 amide bonds. The lowest BCUT2D eigenvalue weighted by Crippen LogP contribution is -2.47. The Kier molecular flexibility index (Phi) is 4.00. The van der Waals surface area contributed by atoms with Crippen LogP contribution in [-0.4, -0.2) is 13.9 Å². The first kappa shape index (κ1) is 17.4. The molecule has 0 fully saturated rings. The van der Waals surface area contributed by atoms with E-state index in [1.54, 1.807) is 0 Å². The van der Waals surface area contributed by atoms with Gasteiger partial charge in [0.25, 0.3) is 9.84 Å². The van der Waals surface area contributed by atoms with Crippen LogP contribution in [0.4, 0.5) is 23.2 Å². The highest BCUT2D eigenvalue weighted by atomic mass is 32.2. The van der Waals surface area contributed by atoms with Gasteiger partial charge in [-0.15, -0.1) is 0 Å². The predicted octanol–water partition coefficient (Wildman–Crippen LogP) is 2.07. The number of rotatable bonds is 2. The number of nitrogens with two attached hydrogens (primary N) is 2. The molecule has 1 aliphatic rings. The average Bonchev–Trinajstić information content (AvgIpc) is 2.39. The number of halogens is 4. The molecule has 5 nitrogen and oxygen atoms in total. The summed E-state index contributed by atoms with van der Waals surface area (Å²) in [6.07, 6.45) is -0.565. The maximum absolute atomic E-state index is 14.0. The summed E-state index contributed by atoms with van der Waals surface area (Å²) in [4.78, 5) is -0.938. The fourth-order valence-electron chi connectivity index (χ4n) is 2.51. The normalized spacial score (nSPS) is 22.8. The molecule has 0 radical (unpaired) electrons. The molecule has 0 aliphatic carbocycles. The quantitative estimate of drug-likeness (QED) is 0.558. The zero-order valence-corrected chi connectivity index (χ0v) is 12.9. The molecule has 0 saturated carbocycles. The Hall–Kier alpha value is -1.97. The third-order valence-corrected chi connectivity index (χ3v) is 5.46. The molecule has 10 heteroatoms. The van der Waals surface area contributed by atoms with Crippen molar-refractivity contribution in [2.75, 3.05) is 5.73 Å². The highest BCUT2D eigenvalue weighted by molar-refractivity contribution is 7.96. The van der Waals surface area contributed by atoms with Crippen molar-refractivity contribution in [1.82, 2.24) is 5.32 Å². The van der Waals surface area contributed by atoms with Gasteiger partial charge < -0.3 is 16.8 Å². The first-order valence-corrected chi connectivity index (χ1v) is 8.00. The number of alkyl halides is 3. The van der Waals surface area contributed by atoms with Crippen LogP contribution in [0.5, 0.6) is 0 Å². The monoisotopic (exact) mass is 353 g/mol.